The number of sulfone groups is 1. The highest BCUT2D eigenvalue weighted by Crippen LogP contribution is 2.32. The Morgan fingerprint density at radius 1 is 1.11 bits per heavy atom. The van der Waals surface area contributed by atoms with Crippen LogP contribution in [-0.2, 0) is 21.2 Å². The molecular formula is C23H29Cl2N7O3S. The number of likely N-dealkylation sites (tertiary alicyclic amines) is 1. The Morgan fingerprint density at radius 3 is 2.58 bits per heavy atom. The minimum Gasteiger partial charge on any atom is -0.380 e. The largest absolute Gasteiger partial charge is 0.380 e. The first-order valence-electron chi connectivity index (χ1n) is 11.5. The van der Waals surface area contributed by atoms with Gasteiger partial charge in [-0.2, -0.15) is 10.1 Å². The minimum atomic E-state index is -2.97. The van der Waals surface area contributed by atoms with Gasteiger partial charge in [0, 0.05) is 44.3 Å². The third-order valence-corrected chi connectivity index (χ3v) is 7.55. The van der Waals surface area contributed by atoms with E-state index in [1.807, 2.05) is 24.3 Å². The second kappa shape index (κ2) is 11.7. The fourth-order valence-electron chi connectivity index (χ4n) is 4.05. The van der Waals surface area contributed by atoms with Crippen LogP contribution in [0.2, 0.25) is 10.2 Å². The first-order valence-corrected chi connectivity index (χ1v) is 14.3. The molecule has 0 spiro atoms. The standard InChI is InChI=1S/C23H29Cl2N7O3S/c1-35-15-16-5-3-4-6-19(16)28-22-18(24)13-26-23(30-22)29-20-14-27-32(21(20)25)17-7-9-31(10-8-17)11-12-36(2,33)34/h3-6,13-14,17H,7-12,15H2,1-2H3,(H2,26,28,29,30). The van der Waals surface area contributed by atoms with Gasteiger partial charge in [-0.05, 0) is 18.9 Å². The van der Waals surface area contributed by atoms with Crippen molar-refractivity contribution in [3.05, 3.63) is 52.4 Å². The van der Waals surface area contributed by atoms with Gasteiger partial charge in [0.1, 0.15) is 14.9 Å². The normalized spacial score (nSPS) is 15.2. The van der Waals surface area contributed by atoms with Crippen molar-refractivity contribution in [2.45, 2.75) is 25.5 Å². The number of aromatic nitrogens is 4. The zero-order chi connectivity index (χ0) is 25.7. The molecule has 2 N–H and O–H groups in total. The highest BCUT2D eigenvalue weighted by Gasteiger charge is 2.24. The Bertz CT molecular complexity index is 1290. The molecule has 3 aromatic rings. The van der Waals surface area contributed by atoms with Crippen molar-refractivity contribution in [1.82, 2.24) is 24.6 Å². The number of hydrogen-bond acceptors (Lipinski definition) is 9. The third-order valence-electron chi connectivity index (χ3n) is 5.98. The summed E-state index contributed by atoms with van der Waals surface area (Å²) in [5.41, 5.74) is 2.39. The Kier molecular flexibility index (Phi) is 8.68. The number of nitrogens with one attached hydrogen (secondary N) is 2. The van der Waals surface area contributed by atoms with Crippen molar-refractivity contribution in [2.75, 3.05) is 49.4 Å². The summed E-state index contributed by atoms with van der Waals surface area (Å²) in [7, 11) is -1.33. The Morgan fingerprint density at radius 2 is 1.86 bits per heavy atom. The van der Waals surface area contributed by atoms with Crippen LogP contribution in [0.5, 0.6) is 0 Å². The monoisotopic (exact) mass is 553 g/mol. The molecule has 0 radical (unpaired) electrons. The van der Waals surface area contributed by atoms with Gasteiger partial charge in [0.05, 0.1) is 36.5 Å². The predicted octanol–water partition coefficient (Wildman–Crippen LogP) is 4.30. The van der Waals surface area contributed by atoms with E-state index in [0.29, 0.717) is 40.8 Å². The molecule has 3 heterocycles. The fourth-order valence-corrected chi connectivity index (χ4v) is 5.06. The van der Waals surface area contributed by atoms with E-state index in [1.54, 1.807) is 18.0 Å². The molecule has 0 bridgehead atoms. The van der Waals surface area contributed by atoms with Gasteiger partial charge in [0.2, 0.25) is 5.95 Å². The number of para-hydroxylation sites is 1. The topological polar surface area (TPSA) is 114 Å². The molecule has 0 unspecified atom stereocenters. The quantitative estimate of drug-likeness (QED) is 0.379. The summed E-state index contributed by atoms with van der Waals surface area (Å²) in [6.45, 7) is 2.58. The second-order valence-electron chi connectivity index (χ2n) is 8.73. The molecular weight excluding hydrogens is 525 g/mol. The van der Waals surface area contributed by atoms with Crippen LogP contribution in [0.1, 0.15) is 24.4 Å². The van der Waals surface area contributed by atoms with Crippen molar-refractivity contribution in [3.63, 3.8) is 0 Å². The van der Waals surface area contributed by atoms with Crippen LogP contribution < -0.4 is 10.6 Å². The third kappa shape index (κ3) is 6.86. The Balaban J connectivity index is 1.42. The molecule has 1 saturated heterocycles. The maximum atomic E-state index is 11.4. The lowest BCUT2D eigenvalue weighted by molar-refractivity contribution is 0.185. The van der Waals surface area contributed by atoms with E-state index in [9.17, 15) is 8.42 Å². The summed E-state index contributed by atoms with van der Waals surface area (Å²) in [4.78, 5) is 11.0. The van der Waals surface area contributed by atoms with Crippen LogP contribution in [0.15, 0.2) is 36.7 Å². The lowest BCUT2D eigenvalue weighted by Crippen LogP contribution is -2.37. The van der Waals surface area contributed by atoms with E-state index in [2.05, 4.69) is 30.6 Å². The number of hydrogen-bond donors (Lipinski definition) is 2. The highest BCUT2D eigenvalue weighted by molar-refractivity contribution is 7.90. The molecule has 1 aliphatic rings. The summed E-state index contributed by atoms with van der Waals surface area (Å²) < 4.78 is 29.9. The number of halogens is 2. The van der Waals surface area contributed by atoms with Crippen molar-refractivity contribution in [1.29, 1.82) is 0 Å². The number of methoxy groups -OCH3 is 1. The summed E-state index contributed by atoms with van der Waals surface area (Å²) in [5.74, 6) is 0.940. The molecule has 36 heavy (non-hydrogen) atoms. The highest BCUT2D eigenvalue weighted by atomic mass is 35.5. The fraction of sp³-hybridized carbons (Fsp3) is 0.435. The molecule has 4 rings (SSSR count). The van der Waals surface area contributed by atoms with E-state index in [1.165, 1.54) is 12.5 Å². The molecule has 0 amide bonds. The van der Waals surface area contributed by atoms with Gasteiger partial charge in [-0.1, -0.05) is 41.4 Å². The molecule has 194 valence electrons. The van der Waals surface area contributed by atoms with Crippen molar-refractivity contribution in [3.8, 4) is 0 Å². The van der Waals surface area contributed by atoms with E-state index >= 15 is 0 Å². The summed E-state index contributed by atoms with van der Waals surface area (Å²) >= 11 is 13.0. The van der Waals surface area contributed by atoms with Gasteiger partial charge in [0.15, 0.2) is 11.0 Å². The smallest absolute Gasteiger partial charge is 0.229 e. The van der Waals surface area contributed by atoms with Crippen LogP contribution in [0.25, 0.3) is 0 Å². The van der Waals surface area contributed by atoms with Crippen molar-refractivity contribution >= 4 is 56.2 Å². The van der Waals surface area contributed by atoms with E-state index in [0.717, 1.165) is 37.2 Å². The molecule has 10 nitrogen and oxygen atoms in total. The number of ether oxygens (including phenoxy) is 1. The zero-order valence-electron chi connectivity index (χ0n) is 20.1. The van der Waals surface area contributed by atoms with E-state index in [4.69, 9.17) is 27.9 Å². The predicted molar refractivity (Wildman–Crippen MR) is 142 cm³/mol. The molecule has 13 heteroatoms. The molecule has 1 fully saturated rings. The first-order chi connectivity index (χ1) is 17.2. The Labute approximate surface area is 220 Å². The van der Waals surface area contributed by atoms with Crippen LogP contribution in [0.4, 0.5) is 23.1 Å². The Hall–Kier alpha value is -2.44. The van der Waals surface area contributed by atoms with Gasteiger partial charge in [-0.15, -0.1) is 0 Å². The van der Waals surface area contributed by atoms with Crippen LogP contribution >= 0.6 is 23.2 Å². The summed E-state index contributed by atoms with van der Waals surface area (Å²) in [6, 6.07) is 7.87. The van der Waals surface area contributed by atoms with Crippen LogP contribution in [-0.4, -0.2) is 71.8 Å². The SMILES string of the molecule is COCc1ccccc1Nc1nc(Nc2cnn(C3CCN(CCS(C)(=O)=O)CC3)c2Cl)ncc1Cl. The molecule has 1 aliphatic heterocycles. The molecule has 1 aromatic carbocycles. The summed E-state index contributed by atoms with van der Waals surface area (Å²) in [5, 5.41) is 11.7. The van der Waals surface area contributed by atoms with Gasteiger partial charge in [-0.25, -0.2) is 18.1 Å². The average Bonchev–Trinajstić information content (AvgIpc) is 3.21. The molecule has 0 atom stereocenters. The van der Waals surface area contributed by atoms with E-state index in [-0.39, 0.29) is 11.8 Å². The van der Waals surface area contributed by atoms with Crippen molar-refractivity contribution in [2.24, 2.45) is 0 Å². The van der Waals surface area contributed by atoms with Gasteiger partial charge in [0.25, 0.3) is 0 Å². The maximum absolute atomic E-state index is 11.4. The lowest BCUT2D eigenvalue weighted by Gasteiger charge is -2.32. The molecule has 2 aromatic heterocycles. The number of benzene rings is 1. The average molecular weight is 555 g/mol. The van der Waals surface area contributed by atoms with E-state index < -0.39 is 9.84 Å². The summed E-state index contributed by atoms with van der Waals surface area (Å²) in [6.07, 6.45) is 6.09. The van der Waals surface area contributed by atoms with Gasteiger partial charge >= 0.3 is 0 Å². The lowest BCUT2D eigenvalue weighted by atomic mass is 10.1. The van der Waals surface area contributed by atoms with Crippen molar-refractivity contribution < 1.29 is 13.2 Å². The van der Waals surface area contributed by atoms with Crippen LogP contribution in [0.3, 0.4) is 0 Å². The van der Waals surface area contributed by atoms with Gasteiger partial charge in [-0.3, -0.25) is 0 Å². The number of nitrogens with zero attached hydrogens (tertiary/aromatic N) is 5. The first kappa shape index (κ1) is 26.6. The van der Waals surface area contributed by atoms with Crippen LogP contribution in [0, 0.1) is 0 Å². The zero-order valence-corrected chi connectivity index (χ0v) is 22.4. The number of anilines is 4. The number of rotatable bonds is 10. The molecule has 0 saturated carbocycles. The minimum absolute atomic E-state index is 0.128. The maximum Gasteiger partial charge on any atom is 0.229 e. The number of piperidine rings is 1. The van der Waals surface area contributed by atoms with Gasteiger partial charge < -0.3 is 20.3 Å². The molecule has 0 aliphatic carbocycles. The second-order valence-corrected chi connectivity index (χ2v) is 11.8.